The number of halogens is 3. The van der Waals surface area contributed by atoms with E-state index in [1.165, 1.54) is 11.3 Å². The summed E-state index contributed by atoms with van der Waals surface area (Å²) in [4.78, 5) is 28.0. The highest BCUT2D eigenvalue weighted by molar-refractivity contribution is 7.13. The normalized spacial score (nSPS) is 19.5. The van der Waals surface area contributed by atoms with Crippen molar-refractivity contribution in [2.24, 2.45) is 5.92 Å². The molecule has 0 aliphatic carbocycles. The molecule has 0 spiro atoms. The second-order valence-corrected chi connectivity index (χ2v) is 5.43. The summed E-state index contributed by atoms with van der Waals surface area (Å²) < 4.78 is 36.8. The van der Waals surface area contributed by atoms with E-state index in [9.17, 15) is 22.8 Å². The molecule has 1 atom stereocenters. The van der Waals surface area contributed by atoms with Crippen LogP contribution in [-0.2, 0) is 9.59 Å². The molecule has 2 rings (SSSR count). The van der Waals surface area contributed by atoms with Gasteiger partial charge in [0.25, 0.3) is 0 Å². The highest BCUT2D eigenvalue weighted by Crippen LogP contribution is 2.25. The van der Waals surface area contributed by atoms with E-state index in [1.54, 1.807) is 12.3 Å². The zero-order valence-corrected chi connectivity index (χ0v) is 11.3. The Balaban J connectivity index is 1.94. The van der Waals surface area contributed by atoms with Crippen LogP contribution < -0.4 is 5.32 Å². The lowest BCUT2D eigenvalue weighted by molar-refractivity contribution is -0.157. The third-order valence-corrected chi connectivity index (χ3v) is 3.68. The Morgan fingerprint density at radius 3 is 2.85 bits per heavy atom. The summed E-state index contributed by atoms with van der Waals surface area (Å²) in [6, 6.07) is 0. The Bertz CT molecular complexity index is 529. The zero-order chi connectivity index (χ0) is 14.9. The van der Waals surface area contributed by atoms with E-state index in [0.717, 1.165) is 5.69 Å². The lowest BCUT2D eigenvalue weighted by Crippen LogP contribution is -2.36. The number of anilines is 1. The Hall–Kier alpha value is -1.64. The minimum absolute atomic E-state index is 0.202. The summed E-state index contributed by atoms with van der Waals surface area (Å²) in [5.74, 6) is -1.90. The maximum absolute atomic E-state index is 12.3. The topological polar surface area (TPSA) is 62.3 Å². The van der Waals surface area contributed by atoms with Crippen molar-refractivity contribution in [2.75, 3.05) is 18.4 Å². The first kappa shape index (κ1) is 14.8. The van der Waals surface area contributed by atoms with Crippen LogP contribution in [0.25, 0.3) is 0 Å². The van der Waals surface area contributed by atoms with Gasteiger partial charge in [0.2, 0.25) is 11.8 Å². The summed E-state index contributed by atoms with van der Waals surface area (Å²) in [5, 5.41) is 4.64. The number of nitrogens with zero attached hydrogens (tertiary/aromatic N) is 2. The monoisotopic (exact) mass is 307 g/mol. The first-order valence-corrected chi connectivity index (χ1v) is 6.70. The number of amides is 2. The summed E-state index contributed by atoms with van der Waals surface area (Å²) in [6.45, 7) is 0.233. The Morgan fingerprint density at radius 2 is 2.30 bits per heavy atom. The van der Waals surface area contributed by atoms with Crippen LogP contribution in [0.15, 0.2) is 5.38 Å². The average Bonchev–Trinajstić information content (AvgIpc) is 2.85. The van der Waals surface area contributed by atoms with E-state index in [-0.39, 0.29) is 13.0 Å². The molecule has 1 aromatic heterocycles. The van der Waals surface area contributed by atoms with E-state index < -0.39 is 30.5 Å². The van der Waals surface area contributed by atoms with Crippen molar-refractivity contribution in [1.29, 1.82) is 0 Å². The molecule has 0 radical (unpaired) electrons. The fraction of sp³-hybridized carbons (Fsp3) is 0.545. The molecule has 2 heterocycles. The van der Waals surface area contributed by atoms with Crippen molar-refractivity contribution in [3.05, 3.63) is 11.1 Å². The van der Waals surface area contributed by atoms with Crippen LogP contribution in [0.5, 0.6) is 0 Å². The SMILES string of the molecule is Cc1csc(NC(=O)C2CC(=O)N(CC(F)(F)F)C2)n1. The van der Waals surface area contributed by atoms with Crippen molar-refractivity contribution in [1.82, 2.24) is 9.88 Å². The number of hydrogen-bond donors (Lipinski definition) is 1. The van der Waals surface area contributed by atoms with Gasteiger partial charge in [-0.05, 0) is 6.92 Å². The minimum atomic E-state index is -4.45. The molecule has 2 amide bonds. The summed E-state index contributed by atoms with van der Waals surface area (Å²) in [6.07, 6.45) is -4.65. The number of carbonyl (C=O) groups is 2. The molecule has 0 bridgehead atoms. The van der Waals surface area contributed by atoms with Gasteiger partial charge in [0.05, 0.1) is 11.6 Å². The summed E-state index contributed by atoms with van der Waals surface area (Å²) >= 11 is 1.23. The van der Waals surface area contributed by atoms with Gasteiger partial charge in [0.1, 0.15) is 6.54 Å². The third-order valence-electron chi connectivity index (χ3n) is 2.80. The highest BCUT2D eigenvalue weighted by atomic mass is 32.1. The molecular weight excluding hydrogens is 295 g/mol. The van der Waals surface area contributed by atoms with E-state index in [4.69, 9.17) is 0 Å². The first-order valence-electron chi connectivity index (χ1n) is 5.82. The number of alkyl halides is 3. The fourth-order valence-corrected chi connectivity index (χ4v) is 2.63. The first-order chi connectivity index (χ1) is 9.24. The molecule has 1 aliphatic rings. The smallest absolute Gasteiger partial charge is 0.333 e. The molecule has 110 valence electrons. The molecule has 1 aromatic rings. The number of hydrogen-bond acceptors (Lipinski definition) is 4. The number of rotatable bonds is 3. The van der Waals surface area contributed by atoms with E-state index in [2.05, 4.69) is 10.3 Å². The molecular formula is C11H12F3N3O2S. The molecule has 5 nitrogen and oxygen atoms in total. The zero-order valence-electron chi connectivity index (χ0n) is 10.5. The predicted octanol–water partition coefficient (Wildman–Crippen LogP) is 1.80. The number of thiazole rings is 1. The maximum atomic E-state index is 12.3. The summed E-state index contributed by atoms with van der Waals surface area (Å²) in [5.41, 5.74) is 0.742. The number of aromatic nitrogens is 1. The van der Waals surface area contributed by atoms with Crippen LogP contribution in [0.4, 0.5) is 18.3 Å². The lowest BCUT2D eigenvalue weighted by Gasteiger charge is -2.18. The minimum Gasteiger partial charge on any atom is -0.333 e. The average molecular weight is 307 g/mol. The quantitative estimate of drug-likeness (QED) is 0.926. The van der Waals surface area contributed by atoms with Gasteiger partial charge in [-0.3, -0.25) is 9.59 Å². The molecule has 0 saturated carbocycles. The van der Waals surface area contributed by atoms with Gasteiger partial charge in [-0.25, -0.2) is 4.98 Å². The van der Waals surface area contributed by atoms with Gasteiger partial charge in [-0.1, -0.05) is 0 Å². The molecule has 1 aliphatic heterocycles. The molecule has 1 saturated heterocycles. The molecule has 0 aromatic carbocycles. The summed E-state index contributed by atoms with van der Waals surface area (Å²) in [7, 11) is 0. The van der Waals surface area contributed by atoms with Gasteiger partial charge in [0, 0.05) is 18.3 Å². The second kappa shape index (κ2) is 5.39. The predicted molar refractivity (Wildman–Crippen MR) is 66.2 cm³/mol. The Morgan fingerprint density at radius 1 is 1.60 bits per heavy atom. The molecule has 9 heteroatoms. The van der Waals surface area contributed by atoms with Gasteiger partial charge in [0.15, 0.2) is 5.13 Å². The van der Waals surface area contributed by atoms with Crippen molar-refractivity contribution in [3.8, 4) is 0 Å². The molecule has 1 N–H and O–H groups in total. The Labute approximate surface area is 116 Å². The van der Waals surface area contributed by atoms with Crippen LogP contribution in [0.3, 0.4) is 0 Å². The lowest BCUT2D eigenvalue weighted by atomic mass is 10.1. The number of nitrogens with one attached hydrogen (secondary N) is 1. The van der Waals surface area contributed by atoms with E-state index in [1.807, 2.05) is 0 Å². The van der Waals surface area contributed by atoms with E-state index >= 15 is 0 Å². The van der Waals surface area contributed by atoms with Crippen molar-refractivity contribution in [3.63, 3.8) is 0 Å². The Kier molecular flexibility index (Phi) is 3.98. The largest absolute Gasteiger partial charge is 0.406 e. The maximum Gasteiger partial charge on any atom is 0.406 e. The third kappa shape index (κ3) is 3.69. The standard InChI is InChI=1S/C11H12F3N3O2S/c1-6-4-20-10(15-6)16-9(19)7-2-8(18)17(3-7)5-11(12,13)14/h4,7H,2-3,5H2,1H3,(H,15,16,19). The molecule has 20 heavy (non-hydrogen) atoms. The van der Waals surface area contributed by atoms with Crippen molar-refractivity contribution >= 4 is 28.3 Å². The van der Waals surface area contributed by atoms with Gasteiger partial charge in [-0.2, -0.15) is 13.2 Å². The highest BCUT2D eigenvalue weighted by Gasteiger charge is 2.40. The van der Waals surface area contributed by atoms with Gasteiger partial charge < -0.3 is 10.2 Å². The number of likely N-dealkylation sites (tertiary alicyclic amines) is 1. The van der Waals surface area contributed by atoms with Crippen molar-refractivity contribution < 1.29 is 22.8 Å². The van der Waals surface area contributed by atoms with Crippen LogP contribution in [0, 0.1) is 12.8 Å². The number of aryl methyl sites for hydroxylation is 1. The van der Waals surface area contributed by atoms with Crippen molar-refractivity contribution in [2.45, 2.75) is 19.5 Å². The van der Waals surface area contributed by atoms with Crippen LogP contribution in [0.1, 0.15) is 12.1 Å². The van der Waals surface area contributed by atoms with Crippen LogP contribution in [0.2, 0.25) is 0 Å². The second-order valence-electron chi connectivity index (χ2n) is 4.57. The van der Waals surface area contributed by atoms with Crippen LogP contribution in [-0.4, -0.2) is 41.0 Å². The van der Waals surface area contributed by atoms with Gasteiger partial charge >= 0.3 is 6.18 Å². The van der Waals surface area contributed by atoms with E-state index in [0.29, 0.717) is 10.0 Å². The number of carbonyl (C=O) groups excluding carboxylic acids is 2. The fourth-order valence-electron chi connectivity index (χ4n) is 1.94. The molecule has 1 unspecified atom stereocenters. The van der Waals surface area contributed by atoms with Crippen LogP contribution >= 0.6 is 11.3 Å². The molecule has 1 fully saturated rings. The van der Waals surface area contributed by atoms with Gasteiger partial charge in [-0.15, -0.1) is 11.3 Å².